The van der Waals surface area contributed by atoms with Crippen molar-refractivity contribution in [3.63, 3.8) is 0 Å². The van der Waals surface area contributed by atoms with Crippen molar-refractivity contribution in [2.45, 2.75) is 38.6 Å². The van der Waals surface area contributed by atoms with Crippen LogP contribution in [0.4, 0.5) is 0 Å². The number of carbonyl (C=O) groups excluding carboxylic acids is 3. The standard InChI is InChI=1S/C24H29N3O3/c1-17(2)18-8-10-20(11-9-18)24(30)26-21-12-14-27(15-13-21)22(28)16-25-23(29)19-6-4-3-5-7-19/h3-11,17,21H,12-16H2,1-2H3,(H,25,29)(H,26,30). The van der Waals surface area contributed by atoms with Crippen molar-refractivity contribution in [2.75, 3.05) is 19.6 Å². The van der Waals surface area contributed by atoms with Crippen LogP contribution in [-0.4, -0.2) is 48.3 Å². The van der Waals surface area contributed by atoms with E-state index in [4.69, 9.17) is 0 Å². The fourth-order valence-electron chi connectivity index (χ4n) is 3.52. The second kappa shape index (κ2) is 10.1. The van der Waals surface area contributed by atoms with Crippen LogP contribution in [0.3, 0.4) is 0 Å². The van der Waals surface area contributed by atoms with Gasteiger partial charge in [-0.05, 0) is 48.6 Å². The third-order valence-corrected chi connectivity index (χ3v) is 5.46. The zero-order valence-electron chi connectivity index (χ0n) is 17.6. The highest BCUT2D eigenvalue weighted by atomic mass is 16.2. The van der Waals surface area contributed by atoms with Crippen LogP contribution in [0.15, 0.2) is 54.6 Å². The van der Waals surface area contributed by atoms with Gasteiger partial charge in [0.25, 0.3) is 11.8 Å². The Hall–Kier alpha value is -3.15. The van der Waals surface area contributed by atoms with Crippen LogP contribution < -0.4 is 10.6 Å². The van der Waals surface area contributed by atoms with Gasteiger partial charge in [0.1, 0.15) is 0 Å². The second-order valence-corrected chi connectivity index (χ2v) is 7.95. The minimum absolute atomic E-state index is 0.0209. The summed E-state index contributed by atoms with van der Waals surface area (Å²) in [5.41, 5.74) is 2.40. The molecule has 3 amide bonds. The highest BCUT2D eigenvalue weighted by Crippen LogP contribution is 2.16. The molecule has 1 saturated heterocycles. The van der Waals surface area contributed by atoms with Crippen molar-refractivity contribution < 1.29 is 14.4 Å². The smallest absolute Gasteiger partial charge is 0.251 e. The Morgan fingerprint density at radius 3 is 2.10 bits per heavy atom. The van der Waals surface area contributed by atoms with Gasteiger partial charge in [-0.15, -0.1) is 0 Å². The molecule has 0 atom stereocenters. The Balaban J connectivity index is 1.42. The number of likely N-dealkylation sites (tertiary alicyclic amines) is 1. The molecule has 6 nitrogen and oxygen atoms in total. The van der Waals surface area contributed by atoms with Crippen LogP contribution in [0.25, 0.3) is 0 Å². The molecule has 1 heterocycles. The molecule has 3 rings (SSSR count). The molecular formula is C24H29N3O3. The summed E-state index contributed by atoms with van der Waals surface area (Å²) in [5.74, 6) is -0.00502. The zero-order chi connectivity index (χ0) is 21.5. The summed E-state index contributed by atoms with van der Waals surface area (Å²) in [5, 5.41) is 5.74. The molecule has 2 aromatic carbocycles. The molecule has 0 spiro atoms. The van der Waals surface area contributed by atoms with Crippen LogP contribution in [0, 0.1) is 0 Å². The fourth-order valence-corrected chi connectivity index (χ4v) is 3.52. The minimum Gasteiger partial charge on any atom is -0.349 e. The van der Waals surface area contributed by atoms with E-state index in [9.17, 15) is 14.4 Å². The van der Waals surface area contributed by atoms with Gasteiger partial charge in [-0.25, -0.2) is 0 Å². The Morgan fingerprint density at radius 1 is 0.900 bits per heavy atom. The number of nitrogens with zero attached hydrogens (tertiary/aromatic N) is 1. The number of nitrogens with one attached hydrogen (secondary N) is 2. The topological polar surface area (TPSA) is 78.5 Å². The van der Waals surface area contributed by atoms with Crippen molar-refractivity contribution in [3.05, 3.63) is 71.3 Å². The van der Waals surface area contributed by atoms with Crippen LogP contribution >= 0.6 is 0 Å². The van der Waals surface area contributed by atoms with Crippen molar-refractivity contribution in [2.24, 2.45) is 0 Å². The maximum atomic E-state index is 12.5. The maximum absolute atomic E-state index is 12.5. The van der Waals surface area contributed by atoms with E-state index in [1.165, 1.54) is 5.56 Å². The minimum atomic E-state index is -0.255. The molecule has 0 bridgehead atoms. The number of carbonyl (C=O) groups is 3. The summed E-state index contributed by atoms with van der Waals surface area (Å²) in [6.45, 7) is 5.36. The molecule has 0 aromatic heterocycles. The van der Waals surface area contributed by atoms with E-state index < -0.39 is 0 Å². The molecule has 2 aromatic rings. The van der Waals surface area contributed by atoms with Crippen molar-refractivity contribution in [1.82, 2.24) is 15.5 Å². The number of hydrogen-bond donors (Lipinski definition) is 2. The van der Waals surface area contributed by atoms with Crippen LogP contribution in [0.5, 0.6) is 0 Å². The molecule has 0 aliphatic carbocycles. The summed E-state index contributed by atoms with van der Waals surface area (Å²) in [6, 6.07) is 16.6. The van der Waals surface area contributed by atoms with Gasteiger partial charge in [-0.3, -0.25) is 14.4 Å². The molecule has 0 radical (unpaired) electrons. The lowest BCUT2D eigenvalue weighted by atomic mass is 10.0. The first-order valence-corrected chi connectivity index (χ1v) is 10.5. The molecule has 1 aliphatic heterocycles. The van der Waals surface area contributed by atoms with Gasteiger partial charge >= 0.3 is 0 Å². The Kier molecular flexibility index (Phi) is 7.22. The van der Waals surface area contributed by atoms with Crippen molar-refractivity contribution in [3.8, 4) is 0 Å². The third kappa shape index (κ3) is 5.69. The monoisotopic (exact) mass is 407 g/mol. The Morgan fingerprint density at radius 2 is 1.50 bits per heavy atom. The Labute approximate surface area is 177 Å². The van der Waals surface area contributed by atoms with Gasteiger partial charge in [0.2, 0.25) is 5.91 Å². The zero-order valence-corrected chi connectivity index (χ0v) is 17.6. The highest BCUT2D eigenvalue weighted by Gasteiger charge is 2.24. The van der Waals surface area contributed by atoms with E-state index in [1.807, 2.05) is 30.3 Å². The maximum Gasteiger partial charge on any atom is 0.251 e. The first-order valence-electron chi connectivity index (χ1n) is 10.5. The normalized spacial score (nSPS) is 14.4. The molecule has 1 aliphatic rings. The van der Waals surface area contributed by atoms with E-state index in [0.29, 0.717) is 43.0 Å². The van der Waals surface area contributed by atoms with Crippen LogP contribution in [-0.2, 0) is 4.79 Å². The molecule has 158 valence electrons. The van der Waals surface area contributed by atoms with Gasteiger partial charge in [0.15, 0.2) is 0 Å². The third-order valence-electron chi connectivity index (χ3n) is 5.46. The van der Waals surface area contributed by atoms with Gasteiger partial charge in [0, 0.05) is 30.3 Å². The highest BCUT2D eigenvalue weighted by molar-refractivity contribution is 5.96. The lowest BCUT2D eigenvalue weighted by molar-refractivity contribution is -0.131. The predicted molar refractivity (Wildman–Crippen MR) is 116 cm³/mol. The van der Waals surface area contributed by atoms with Crippen LogP contribution in [0.1, 0.15) is 58.9 Å². The van der Waals surface area contributed by atoms with E-state index in [0.717, 1.165) is 0 Å². The summed E-state index contributed by atoms with van der Waals surface area (Å²) < 4.78 is 0. The quantitative estimate of drug-likeness (QED) is 0.773. The number of amides is 3. The summed E-state index contributed by atoms with van der Waals surface area (Å²) in [7, 11) is 0. The van der Waals surface area contributed by atoms with E-state index in [-0.39, 0.29) is 30.3 Å². The number of hydrogen-bond acceptors (Lipinski definition) is 3. The fraction of sp³-hybridized carbons (Fsp3) is 0.375. The number of rotatable bonds is 6. The first kappa shape index (κ1) is 21.6. The SMILES string of the molecule is CC(C)c1ccc(C(=O)NC2CCN(C(=O)CNC(=O)c3ccccc3)CC2)cc1. The molecule has 1 fully saturated rings. The number of piperidine rings is 1. The van der Waals surface area contributed by atoms with Crippen molar-refractivity contribution >= 4 is 17.7 Å². The Bertz CT molecular complexity index is 870. The van der Waals surface area contributed by atoms with Gasteiger partial charge in [-0.2, -0.15) is 0 Å². The lowest BCUT2D eigenvalue weighted by Gasteiger charge is -2.32. The molecule has 2 N–H and O–H groups in total. The second-order valence-electron chi connectivity index (χ2n) is 7.95. The molecule has 0 saturated carbocycles. The van der Waals surface area contributed by atoms with E-state index >= 15 is 0 Å². The average Bonchev–Trinajstić information content (AvgIpc) is 2.78. The summed E-state index contributed by atoms with van der Waals surface area (Å²) in [4.78, 5) is 38.7. The van der Waals surface area contributed by atoms with E-state index in [2.05, 4.69) is 24.5 Å². The molecule has 30 heavy (non-hydrogen) atoms. The predicted octanol–water partition coefficient (Wildman–Crippen LogP) is 2.96. The molecule has 0 unspecified atom stereocenters. The molecular weight excluding hydrogens is 378 g/mol. The number of benzene rings is 2. The van der Waals surface area contributed by atoms with Crippen LogP contribution in [0.2, 0.25) is 0 Å². The van der Waals surface area contributed by atoms with Gasteiger partial charge < -0.3 is 15.5 Å². The van der Waals surface area contributed by atoms with Gasteiger partial charge in [-0.1, -0.05) is 44.2 Å². The van der Waals surface area contributed by atoms with Crippen molar-refractivity contribution in [1.29, 1.82) is 0 Å². The van der Waals surface area contributed by atoms with Gasteiger partial charge in [0.05, 0.1) is 6.54 Å². The van der Waals surface area contributed by atoms with E-state index in [1.54, 1.807) is 29.2 Å². The summed E-state index contributed by atoms with van der Waals surface area (Å²) >= 11 is 0. The summed E-state index contributed by atoms with van der Waals surface area (Å²) in [6.07, 6.45) is 1.41. The largest absolute Gasteiger partial charge is 0.349 e. The molecule has 6 heteroatoms. The first-order chi connectivity index (χ1) is 14.4. The lowest BCUT2D eigenvalue weighted by Crippen LogP contribution is -2.49. The average molecular weight is 408 g/mol.